The summed E-state index contributed by atoms with van der Waals surface area (Å²) >= 11 is 0. The molecule has 22 heavy (non-hydrogen) atoms. The van der Waals surface area contributed by atoms with Crippen LogP contribution in [-0.2, 0) is 0 Å². The predicted octanol–water partition coefficient (Wildman–Crippen LogP) is 1.10. The molecule has 0 spiro atoms. The van der Waals surface area contributed by atoms with Crippen LogP contribution in [0.4, 0.5) is 5.95 Å². The fourth-order valence-corrected chi connectivity index (χ4v) is 3.00. The van der Waals surface area contributed by atoms with Crippen LogP contribution in [0.1, 0.15) is 30.3 Å². The minimum atomic E-state index is 0.0297. The Bertz CT molecular complexity index is 519. The van der Waals surface area contributed by atoms with Crippen LogP contribution in [0, 0.1) is 5.92 Å². The highest BCUT2D eigenvalue weighted by Gasteiger charge is 2.23. The van der Waals surface area contributed by atoms with Gasteiger partial charge in [-0.25, -0.2) is 9.97 Å². The molecule has 1 aromatic heterocycles. The second-order valence-electron chi connectivity index (χ2n) is 6.51. The molecule has 1 aromatic rings. The SMILES string of the molecule is CC1CCN(c2nccc(C(=O)N3CCN(C)CC3)n2)CC1. The zero-order valence-corrected chi connectivity index (χ0v) is 13.5. The van der Waals surface area contributed by atoms with Crippen molar-refractivity contribution < 1.29 is 4.79 Å². The molecule has 6 heteroatoms. The lowest BCUT2D eigenvalue weighted by atomic mass is 10.00. The summed E-state index contributed by atoms with van der Waals surface area (Å²) < 4.78 is 0. The number of hydrogen-bond donors (Lipinski definition) is 0. The summed E-state index contributed by atoms with van der Waals surface area (Å²) in [5.74, 6) is 1.50. The van der Waals surface area contributed by atoms with Crippen molar-refractivity contribution in [3.8, 4) is 0 Å². The van der Waals surface area contributed by atoms with Gasteiger partial charge in [0.05, 0.1) is 0 Å². The lowest BCUT2D eigenvalue weighted by Gasteiger charge is -2.32. The highest BCUT2D eigenvalue weighted by atomic mass is 16.2. The normalized spacial score (nSPS) is 21.2. The van der Waals surface area contributed by atoms with Gasteiger partial charge >= 0.3 is 0 Å². The summed E-state index contributed by atoms with van der Waals surface area (Å²) in [7, 11) is 2.09. The molecule has 2 aliphatic rings. The Balaban J connectivity index is 1.69. The van der Waals surface area contributed by atoms with Crippen molar-refractivity contribution in [2.75, 3.05) is 51.2 Å². The summed E-state index contributed by atoms with van der Waals surface area (Å²) in [4.78, 5) is 27.8. The van der Waals surface area contributed by atoms with Gasteiger partial charge in [0, 0.05) is 45.5 Å². The number of nitrogens with zero attached hydrogens (tertiary/aromatic N) is 5. The molecule has 1 amide bonds. The molecule has 0 atom stereocenters. The van der Waals surface area contributed by atoms with Gasteiger partial charge in [-0.3, -0.25) is 4.79 Å². The van der Waals surface area contributed by atoms with Crippen LogP contribution in [0.5, 0.6) is 0 Å². The van der Waals surface area contributed by atoms with E-state index in [1.54, 1.807) is 12.3 Å². The Morgan fingerprint density at radius 1 is 1.14 bits per heavy atom. The summed E-state index contributed by atoms with van der Waals surface area (Å²) in [6.45, 7) is 7.64. The molecule has 0 N–H and O–H groups in total. The van der Waals surface area contributed by atoms with Crippen molar-refractivity contribution in [3.05, 3.63) is 18.0 Å². The second kappa shape index (κ2) is 6.60. The summed E-state index contributed by atoms with van der Waals surface area (Å²) in [6, 6.07) is 1.73. The Hall–Kier alpha value is -1.69. The molecule has 0 radical (unpaired) electrons. The van der Waals surface area contributed by atoms with Crippen LogP contribution in [0.3, 0.4) is 0 Å². The van der Waals surface area contributed by atoms with E-state index in [9.17, 15) is 4.79 Å². The predicted molar refractivity (Wildman–Crippen MR) is 86.0 cm³/mol. The quantitative estimate of drug-likeness (QED) is 0.819. The largest absolute Gasteiger partial charge is 0.341 e. The molecule has 0 saturated carbocycles. The number of amides is 1. The molecule has 3 rings (SSSR count). The average Bonchev–Trinajstić information content (AvgIpc) is 2.56. The zero-order valence-electron chi connectivity index (χ0n) is 13.5. The fraction of sp³-hybridized carbons (Fsp3) is 0.688. The van der Waals surface area contributed by atoms with Crippen molar-refractivity contribution in [2.24, 2.45) is 5.92 Å². The number of piperidine rings is 1. The van der Waals surface area contributed by atoms with Crippen LogP contribution >= 0.6 is 0 Å². The van der Waals surface area contributed by atoms with Gasteiger partial charge in [0.15, 0.2) is 0 Å². The lowest BCUT2D eigenvalue weighted by molar-refractivity contribution is 0.0658. The first kappa shape index (κ1) is 15.2. The maximum absolute atomic E-state index is 12.6. The number of likely N-dealkylation sites (N-methyl/N-ethyl adjacent to an activating group) is 1. The van der Waals surface area contributed by atoms with Gasteiger partial charge in [0.1, 0.15) is 5.69 Å². The van der Waals surface area contributed by atoms with E-state index >= 15 is 0 Å². The molecule has 2 saturated heterocycles. The van der Waals surface area contributed by atoms with E-state index < -0.39 is 0 Å². The summed E-state index contributed by atoms with van der Waals surface area (Å²) in [5.41, 5.74) is 0.521. The van der Waals surface area contributed by atoms with Crippen molar-refractivity contribution >= 4 is 11.9 Å². The maximum atomic E-state index is 12.6. The second-order valence-corrected chi connectivity index (χ2v) is 6.51. The first-order chi connectivity index (χ1) is 10.6. The standard InChI is InChI=1S/C16H25N5O/c1-13-4-7-21(8-5-13)16-17-6-3-14(18-16)15(22)20-11-9-19(2)10-12-20/h3,6,13H,4-5,7-12H2,1-2H3. The Morgan fingerprint density at radius 3 is 2.50 bits per heavy atom. The molecule has 6 nitrogen and oxygen atoms in total. The number of hydrogen-bond acceptors (Lipinski definition) is 5. The molecule has 2 fully saturated rings. The monoisotopic (exact) mass is 303 g/mol. The minimum absolute atomic E-state index is 0.0297. The molecule has 0 aliphatic carbocycles. The van der Waals surface area contributed by atoms with Gasteiger partial charge in [-0.1, -0.05) is 6.92 Å². The Labute approximate surface area is 132 Å². The highest BCUT2D eigenvalue weighted by molar-refractivity contribution is 5.92. The molecule has 3 heterocycles. The van der Waals surface area contributed by atoms with Crippen LogP contribution < -0.4 is 4.90 Å². The van der Waals surface area contributed by atoms with Crippen molar-refractivity contribution in [1.82, 2.24) is 19.8 Å². The van der Waals surface area contributed by atoms with Crippen LogP contribution in [0.25, 0.3) is 0 Å². The van der Waals surface area contributed by atoms with E-state index in [4.69, 9.17) is 0 Å². The number of rotatable bonds is 2. The van der Waals surface area contributed by atoms with E-state index in [1.165, 1.54) is 12.8 Å². The third-order valence-corrected chi connectivity index (χ3v) is 4.72. The molecular formula is C16H25N5O. The average molecular weight is 303 g/mol. The molecular weight excluding hydrogens is 278 g/mol. The molecule has 120 valence electrons. The van der Waals surface area contributed by atoms with Crippen LogP contribution in [0.15, 0.2) is 12.3 Å². The minimum Gasteiger partial charge on any atom is -0.341 e. The lowest BCUT2D eigenvalue weighted by Crippen LogP contribution is -2.47. The first-order valence-corrected chi connectivity index (χ1v) is 8.19. The molecule has 0 bridgehead atoms. The third kappa shape index (κ3) is 3.38. The van der Waals surface area contributed by atoms with E-state index in [-0.39, 0.29) is 5.91 Å². The van der Waals surface area contributed by atoms with Crippen molar-refractivity contribution in [3.63, 3.8) is 0 Å². The fourth-order valence-electron chi connectivity index (χ4n) is 3.00. The van der Waals surface area contributed by atoms with Gasteiger partial charge in [0.25, 0.3) is 5.91 Å². The van der Waals surface area contributed by atoms with Gasteiger partial charge < -0.3 is 14.7 Å². The molecule has 0 aromatic carbocycles. The highest BCUT2D eigenvalue weighted by Crippen LogP contribution is 2.20. The number of aromatic nitrogens is 2. The van der Waals surface area contributed by atoms with E-state index in [2.05, 4.69) is 33.7 Å². The Morgan fingerprint density at radius 2 is 1.82 bits per heavy atom. The van der Waals surface area contributed by atoms with Gasteiger partial charge in [-0.2, -0.15) is 0 Å². The number of carbonyl (C=O) groups excluding carboxylic acids is 1. The van der Waals surface area contributed by atoms with E-state index in [1.807, 2.05) is 4.90 Å². The van der Waals surface area contributed by atoms with Gasteiger partial charge in [0.2, 0.25) is 5.95 Å². The van der Waals surface area contributed by atoms with Crippen LogP contribution in [0.2, 0.25) is 0 Å². The zero-order chi connectivity index (χ0) is 15.5. The van der Waals surface area contributed by atoms with Crippen molar-refractivity contribution in [2.45, 2.75) is 19.8 Å². The number of piperazine rings is 1. The van der Waals surface area contributed by atoms with E-state index in [0.717, 1.165) is 45.2 Å². The molecule has 2 aliphatic heterocycles. The van der Waals surface area contributed by atoms with Crippen LogP contribution in [-0.4, -0.2) is 72.0 Å². The third-order valence-electron chi connectivity index (χ3n) is 4.72. The Kier molecular flexibility index (Phi) is 4.57. The first-order valence-electron chi connectivity index (χ1n) is 8.19. The summed E-state index contributed by atoms with van der Waals surface area (Å²) in [6.07, 6.45) is 4.05. The summed E-state index contributed by atoms with van der Waals surface area (Å²) in [5, 5.41) is 0. The van der Waals surface area contributed by atoms with E-state index in [0.29, 0.717) is 11.6 Å². The smallest absolute Gasteiger partial charge is 0.272 e. The number of carbonyl (C=O) groups is 1. The maximum Gasteiger partial charge on any atom is 0.272 e. The molecule has 0 unspecified atom stereocenters. The topological polar surface area (TPSA) is 52.6 Å². The van der Waals surface area contributed by atoms with Gasteiger partial charge in [-0.15, -0.1) is 0 Å². The van der Waals surface area contributed by atoms with Crippen molar-refractivity contribution in [1.29, 1.82) is 0 Å². The number of anilines is 1. The van der Waals surface area contributed by atoms with Gasteiger partial charge in [-0.05, 0) is 31.9 Å².